The highest BCUT2D eigenvalue weighted by atomic mass is 19.1. The van der Waals surface area contributed by atoms with Crippen molar-refractivity contribution in [2.75, 3.05) is 17.2 Å². The summed E-state index contributed by atoms with van der Waals surface area (Å²) in [6.45, 7) is 11.4. The summed E-state index contributed by atoms with van der Waals surface area (Å²) in [5.74, 6) is -0.147. The van der Waals surface area contributed by atoms with E-state index in [1.165, 1.54) is 31.2 Å². The lowest BCUT2D eigenvalue weighted by molar-refractivity contribution is -0.0987. The molecule has 40 heavy (non-hydrogen) atoms. The second kappa shape index (κ2) is 19.5. The molecule has 0 aliphatic heterocycles. The van der Waals surface area contributed by atoms with Gasteiger partial charge in [0.05, 0.1) is 11.6 Å². The van der Waals surface area contributed by atoms with E-state index in [9.17, 15) is 9.65 Å². The van der Waals surface area contributed by atoms with Crippen molar-refractivity contribution in [3.8, 4) is 17.7 Å². The maximum absolute atomic E-state index is 13.9. The number of allylic oxidation sites excluding steroid dienone is 1. The molecule has 1 aliphatic rings. The molecule has 0 atom stereocenters. The summed E-state index contributed by atoms with van der Waals surface area (Å²) in [4.78, 5) is 19.9. The van der Waals surface area contributed by atoms with Gasteiger partial charge in [-0.1, -0.05) is 45.7 Å². The van der Waals surface area contributed by atoms with Gasteiger partial charge in [0.1, 0.15) is 19.3 Å². The summed E-state index contributed by atoms with van der Waals surface area (Å²) in [5.41, 5.74) is 4.11. The number of hydrogen-bond donors (Lipinski definition) is 2. The molecule has 1 fully saturated rings. The first-order chi connectivity index (χ1) is 19.6. The second-order valence-electron chi connectivity index (χ2n) is 8.74. The quantitative estimate of drug-likeness (QED) is 0.197. The van der Waals surface area contributed by atoms with Gasteiger partial charge in [0.25, 0.3) is 5.88 Å². The topological polar surface area (TPSA) is 104 Å². The number of ether oxygens (including phenoxy) is 1. The first-order valence-corrected chi connectivity index (χ1v) is 13.3. The van der Waals surface area contributed by atoms with Crippen molar-refractivity contribution in [1.29, 1.82) is 5.26 Å². The molecule has 1 saturated carbocycles. The lowest BCUT2D eigenvalue weighted by Gasteiger charge is -2.14. The van der Waals surface area contributed by atoms with Crippen molar-refractivity contribution in [3.05, 3.63) is 77.7 Å². The minimum Gasteiger partial charge on any atom is -0.436 e. The summed E-state index contributed by atoms with van der Waals surface area (Å²) in [5, 5.41) is 16.7. The van der Waals surface area contributed by atoms with Gasteiger partial charge in [-0.3, -0.25) is 0 Å². The van der Waals surface area contributed by atoms with Gasteiger partial charge in [-0.25, -0.2) is 9.37 Å². The van der Waals surface area contributed by atoms with Crippen LogP contribution < -0.4 is 15.4 Å². The van der Waals surface area contributed by atoms with E-state index in [0.717, 1.165) is 48.3 Å². The van der Waals surface area contributed by atoms with Crippen LogP contribution in [0.4, 0.5) is 15.8 Å². The molecule has 0 amide bonds. The maximum Gasteiger partial charge on any atom is 0.255 e. The van der Waals surface area contributed by atoms with Gasteiger partial charge in [0.15, 0.2) is 5.82 Å². The van der Waals surface area contributed by atoms with Crippen LogP contribution in [-0.2, 0) is 9.59 Å². The number of nitriles is 1. The van der Waals surface area contributed by atoms with Crippen LogP contribution in [0.2, 0.25) is 0 Å². The number of pyridine rings is 1. The Hall–Kier alpha value is -4.51. The van der Waals surface area contributed by atoms with Gasteiger partial charge in [-0.15, -0.1) is 0 Å². The highest BCUT2D eigenvalue weighted by molar-refractivity contribution is 5.94. The second-order valence-corrected chi connectivity index (χ2v) is 8.74. The molecule has 2 N–H and O–H groups in total. The minimum absolute atomic E-state index is 0.0783. The van der Waals surface area contributed by atoms with Gasteiger partial charge in [0.2, 0.25) is 0 Å². The maximum atomic E-state index is 13.9. The number of carbonyl (C=O) groups is 2. The third kappa shape index (κ3) is 11.5. The highest BCUT2D eigenvalue weighted by Crippen LogP contribution is 2.35. The largest absolute Gasteiger partial charge is 0.436 e. The van der Waals surface area contributed by atoms with E-state index in [2.05, 4.69) is 42.5 Å². The Kier molecular flexibility index (Phi) is 16.4. The number of rotatable bonds is 10. The molecule has 0 radical (unpaired) electrons. The molecule has 1 heterocycles. The molecule has 2 aromatic carbocycles. The fourth-order valence-corrected chi connectivity index (χ4v) is 3.25. The molecule has 1 aromatic heterocycles. The number of carbonyl (C=O) groups excluding carboxylic acids is 2. The van der Waals surface area contributed by atoms with Crippen LogP contribution >= 0.6 is 0 Å². The molecule has 0 saturated heterocycles. The number of halogens is 1. The van der Waals surface area contributed by atoms with Gasteiger partial charge in [-0.2, -0.15) is 5.26 Å². The number of nitrogens with one attached hydrogen (secondary N) is 2. The van der Waals surface area contributed by atoms with Crippen molar-refractivity contribution in [3.63, 3.8) is 0 Å². The van der Waals surface area contributed by atoms with Crippen LogP contribution in [0, 0.1) is 17.1 Å². The molecule has 0 bridgehead atoms. The Morgan fingerprint density at radius 3 is 2.27 bits per heavy atom. The Balaban J connectivity index is 0.000000902. The highest BCUT2D eigenvalue weighted by Gasteiger charge is 2.23. The van der Waals surface area contributed by atoms with E-state index in [1.807, 2.05) is 50.0 Å². The molecule has 0 spiro atoms. The molecule has 7 nitrogen and oxygen atoms in total. The van der Waals surface area contributed by atoms with E-state index in [-0.39, 0.29) is 5.88 Å². The van der Waals surface area contributed by atoms with Crippen molar-refractivity contribution >= 4 is 36.6 Å². The number of hydrogen-bond acceptors (Lipinski definition) is 7. The molecule has 8 heteroatoms. The number of nitrogens with zero attached hydrogens (tertiary/aromatic N) is 2. The van der Waals surface area contributed by atoms with Gasteiger partial charge in [0, 0.05) is 41.8 Å². The van der Waals surface area contributed by atoms with Crippen LogP contribution in [0.1, 0.15) is 64.0 Å². The Morgan fingerprint density at radius 2 is 1.73 bits per heavy atom. The summed E-state index contributed by atoms with van der Waals surface area (Å²) < 4.78 is 19.6. The SMILES string of the molecule is C=O.C=O.CCCC.CCCNc1ccc(/C=C(\C#N)c2ccc(Oc3ncccc3F)cc2NC2CC2)cc1. The zero-order valence-electron chi connectivity index (χ0n) is 23.6. The lowest BCUT2D eigenvalue weighted by Crippen LogP contribution is -2.04. The van der Waals surface area contributed by atoms with Crippen LogP contribution in [0.5, 0.6) is 11.6 Å². The molecular weight excluding hydrogens is 507 g/mol. The molecule has 212 valence electrons. The Labute approximate surface area is 237 Å². The number of aromatic nitrogens is 1. The van der Waals surface area contributed by atoms with E-state index >= 15 is 0 Å². The number of unbranched alkanes of at least 4 members (excludes halogenated alkanes) is 1. The fourth-order valence-electron chi connectivity index (χ4n) is 3.25. The van der Waals surface area contributed by atoms with Crippen LogP contribution in [0.25, 0.3) is 11.6 Å². The van der Waals surface area contributed by atoms with Gasteiger partial charge >= 0.3 is 0 Å². The molecule has 0 unspecified atom stereocenters. The Morgan fingerprint density at radius 1 is 1.05 bits per heavy atom. The van der Waals surface area contributed by atoms with Crippen molar-refractivity contribution in [1.82, 2.24) is 4.98 Å². The zero-order chi connectivity index (χ0) is 29.8. The summed E-state index contributed by atoms with van der Waals surface area (Å²) in [6, 6.07) is 18.9. The average molecular weight is 547 g/mol. The molecule has 3 aromatic rings. The average Bonchev–Trinajstić information content (AvgIpc) is 3.83. The smallest absolute Gasteiger partial charge is 0.255 e. The van der Waals surface area contributed by atoms with E-state index < -0.39 is 5.82 Å². The predicted octanol–water partition coefficient (Wildman–Crippen LogP) is 7.91. The first kappa shape index (κ1) is 33.5. The lowest BCUT2D eigenvalue weighted by atomic mass is 10.0. The summed E-state index contributed by atoms with van der Waals surface area (Å²) in [6.07, 6.45) is 9.21. The van der Waals surface area contributed by atoms with Crippen molar-refractivity contribution in [2.45, 2.75) is 58.9 Å². The van der Waals surface area contributed by atoms with Crippen molar-refractivity contribution in [2.24, 2.45) is 0 Å². The van der Waals surface area contributed by atoms with Gasteiger partial charge < -0.3 is 25.0 Å². The summed E-state index contributed by atoms with van der Waals surface area (Å²) >= 11 is 0. The van der Waals surface area contributed by atoms with Crippen LogP contribution in [0.15, 0.2) is 60.8 Å². The van der Waals surface area contributed by atoms with E-state index in [4.69, 9.17) is 14.3 Å². The minimum atomic E-state index is -0.525. The molecule has 1 aliphatic carbocycles. The molecular formula is C32H39FN4O3. The predicted molar refractivity (Wildman–Crippen MR) is 161 cm³/mol. The third-order valence-electron chi connectivity index (χ3n) is 5.58. The third-order valence-corrected chi connectivity index (χ3v) is 5.58. The zero-order valence-corrected chi connectivity index (χ0v) is 23.6. The first-order valence-electron chi connectivity index (χ1n) is 13.3. The number of anilines is 2. The van der Waals surface area contributed by atoms with Crippen LogP contribution in [-0.4, -0.2) is 31.1 Å². The molecule has 4 rings (SSSR count). The number of benzene rings is 2. The summed E-state index contributed by atoms with van der Waals surface area (Å²) in [7, 11) is 0. The normalized spacial score (nSPS) is 11.6. The standard InChI is InChI=1S/C26H25FN4O.C4H10.2CH2O/c1-2-13-29-20-7-5-18(6-8-20)15-19(17-28)23-12-11-22(16-25(23)31-21-9-10-21)32-26-24(27)4-3-14-30-26;1-3-4-2;2*1-2/h3-8,11-12,14-16,21,29,31H,2,9-10,13H2,1H3;3-4H2,1-2H3;2*1H2/b19-15+;;;. The monoisotopic (exact) mass is 546 g/mol. The van der Waals surface area contributed by atoms with Crippen LogP contribution in [0.3, 0.4) is 0 Å². The van der Waals surface area contributed by atoms with E-state index in [1.54, 1.807) is 12.1 Å². The van der Waals surface area contributed by atoms with Gasteiger partial charge in [-0.05, 0) is 67.3 Å². The Bertz CT molecular complexity index is 1220. The van der Waals surface area contributed by atoms with E-state index in [0.29, 0.717) is 17.4 Å². The fraction of sp³-hybridized carbons (Fsp3) is 0.312. The van der Waals surface area contributed by atoms with Crippen molar-refractivity contribution < 1.29 is 18.7 Å².